The number of pyridine rings is 1. The lowest BCUT2D eigenvalue weighted by atomic mass is 9.68. The summed E-state index contributed by atoms with van der Waals surface area (Å²) in [4.78, 5) is 2.62. The van der Waals surface area contributed by atoms with Gasteiger partial charge in [-0.05, 0) is 60.5 Å². The van der Waals surface area contributed by atoms with Crippen LogP contribution in [0, 0.1) is 13.8 Å². The molecule has 1 unspecified atom stereocenters. The minimum Gasteiger partial charge on any atom is -0.308 e. The Morgan fingerprint density at radius 3 is 2.20 bits per heavy atom. The third-order valence-electron chi connectivity index (χ3n) is 12.4. The van der Waals surface area contributed by atoms with Gasteiger partial charge in [-0.25, -0.2) is 0 Å². The first-order valence-electron chi connectivity index (χ1n) is 16.6. The van der Waals surface area contributed by atoms with E-state index in [-0.39, 0.29) is 10.8 Å². The van der Waals surface area contributed by atoms with Gasteiger partial charge in [-0.3, -0.25) is 0 Å². The van der Waals surface area contributed by atoms with Crippen molar-refractivity contribution in [3.8, 4) is 11.5 Å². The van der Waals surface area contributed by atoms with Crippen LogP contribution in [-0.2, 0) is 16.5 Å². The molecule has 0 saturated carbocycles. The maximum atomic E-state index is 2.66. The van der Waals surface area contributed by atoms with Gasteiger partial charge in [0, 0.05) is 40.2 Å². The Balaban J connectivity index is 1.47. The van der Waals surface area contributed by atoms with E-state index in [0.29, 0.717) is 0 Å². The Morgan fingerprint density at radius 2 is 1.33 bits per heavy atom. The van der Waals surface area contributed by atoms with Crippen LogP contribution in [0.1, 0.15) is 72.5 Å². The quantitative estimate of drug-likeness (QED) is 0.164. The lowest BCUT2D eigenvalue weighted by Crippen LogP contribution is -2.78. The number of aromatic nitrogens is 4. The molecule has 5 heteroatoms. The average Bonchev–Trinajstić information content (AvgIpc) is 3.66. The third-order valence-corrected chi connectivity index (χ3v) is 12.4. The van der Waals surface area contributed by atoms with Crippen LogP contribution in [0.25, 0.3) is 33.3 Å². The van der Waals surface area contributed by atoms with Gasteiger partial charge in [0.15, 0.2) is 5.52 Å². The molecule has 0 N–H and O–H groups in total. The maximum Gasteiger partial charge on any atom is 0.394 e. The summed E-state index contributed by atoms with van der Waals surface area (Å²) in [5.74, 6) is 1.29. The largest absolute Gasteiger partial charge is 0.394 e. The second-order valence-electron chi connectivity index (χ2n) is 15.2. The van der Waals surface area contributed by atoms with Crippen molar-refractivity contribution in [2.45, 2.75) is 58.0 Å². The van der Waals surface area contributed by atoms with E-state index >= 15 is 0 Å². The monoisotopic (exact) mass is 595 g/mol. The second kappa shape index (κ2) is 6.82. The molecule has 1 spiro atoms. The highest BCUT2D eigenvalue weighted by Gasteiger charge is 2.71. The molecule has 0 radical (unpaired) electrons. The Hall–Kier alpha value is -5.16. The van der Waals surface area contributed by atoms with Crippen molar-refractivity contribution in [1.82, 2.24) is 9.25 Å². The molecule has 1 atom stereocenters. The summed E-state index contributed by atoms with van der Waals surface area (Å²) in [6.07, 6.45) is 2.37. The van der Waals surface area contributed by atoms with E-state index in [2.05, 4.69) is 156 Å². The van der Waals surface area contributed by atoms with Gasteiger partial charge in [-0.1, -0.05) is 68.8 Å². The zero-order chi connectivity index (χ0) is 30.8. The zero-order valence-corrected chi connectivity index (χ0v) is 26.9. The molecule has 0 bridgehead atoms. The molecule has 5 aliphatic heterocycles. The number of nitrogens with zero attached hydrogens (tertiary/aromatic N) is 5. The zero-order valence-electron chi connectivity index (χ0n) is 26.9. The van der Waals surface area contributed by atoms with E-state index in [1.807, 2.05) is 0 Å². The van der Waals surface area contributed by atoms with Crippen LogP contribution in [0.3, 0.4) is 0 Å². The maximum absolute atomic E-state index is 2.66. The van der Waals surface area contributed by atoms with Crippen molar-refractivity contribution >= 4 is 38.9 Å². The van der Waals surface area contributed by atoms with Crippen molar-refractivity contribution in [1.29, 1.82) is 0 Å². The molecule has 5 nitrogen and oxygen atoms in total. The molecule has 3 aromatic heterocycles. The number of anilines is 3. The van der Waals surface area contributed by atoms with Crippen molar-refractivity contribution in [2.24, 2.45) is 0 Å². The number of hydrogen-bond acceptors (Lipinski definition) is 1. The van der Waals surface area contributed by atoms with E-state index in [1.165, 1.54) is 95.1 Å². The van der Waals surface area contributed by atoms with Crippen molar-refractivity contribution in [3.05, 3.63) is 136 Å². The second-order valence-corrected chi connectivity index (χ2v) is 15.2. The van der Waals surface area contributed by atoms with Crippen molar-refractivity contribution in [3.63, 3.8) is 0 Å². The summed E-state index contributed by atoms with van der Waals surface area (Å²) < 4.78 is 10.4. The number of rotatable bonds is 0. The molecule has 46 heavy (non-hydrogen) atoms. The topological polar surface area (TPSA) is 20.9 Å². The minimum absolute atomic E-state index is 0.162. The molecule has 12 rings (SSSR count). The predicted octanol–water partition coefficient (Wildman–Crippen LogP) is 7.75. The van der Waals surface area contributed by atoms with E-state index in [4.69, 9.17) is 0 Å². The predicted molar refractivity (Wildman–Crippen MR) is 180 cm³/mol. The van der Waals surface area contributed by atoms with Crippen LogP contribution in [0.2, 0.25) is 0 Å². The van der Waals surface area contributed by atoms with Crippen LogP contribution in [0.5, 0.6) is 0 Å². The molecule has 0 aliphatic carbocycles. The van der Waals surface area contributed by atoms with E-state index in [1.54, 1.807) is 0 Å². The van der Waals surface area contributed by atoms with E-state index < -0.39 is 5.66 Å². The molecule has 0 amide bonds. The number of aryl methyl sites for hydroxylation is 2. The molecule has 220 valence electrons. The van der Waals surface area contributed by atoms with Gasteiger partial charge in [0.25, 0.3) is 5.82 Å². The summed E-state index contributed by atoms with van der Waals surface area (Å²) in [6, 6.07) is 32.7. The fourth-order valence-electron chi connectivity index (χ4n) is 10.7. The normalized spacial score (nSPS) is 20.3. The Bertz CT molecular complexity index is 2680. The van der Waals surface area contributed by atoms with Gasteiger partial charge in [-0.15, -0.1) is 4.68 Å². The summed E-state index contributed by atoms with van der Waals surface area (Å²) in [5, 5.41) is 2.71. The summed E-state index contributed by atoms with van der Waals surface area (Å²) in [6.45, 7) is 14.3. The summed E-state index contributed by atoms with van der Waals surface area (Å²) in [5.41, 5.74) is 17.7. The van der Waals surface area contributed by atoms with Gasteiger partial charge in [0.2, 0.25) is 5.69 Å². The van der Waals surface area contributed by atoms with Crippen LogP contribution in [0.15, 0.2) is 91.1 Å². The van der Waals surface area contributed by atoms with Crippen molar-refractivity contribution in [2.75, 3.05) is 4.90 Å². The Morgan fingerprint density at radius 1 is 0.609 bits per heavy atom. The molecular weight excluding hydrogens is 562 g/mol. The summed E-state index contributed by atoms with van der Waals surface area (Å²) in [7, 11) is 0. The number of hydrogen-bond donors (Lipinski definition) is 0. The first-order chi connectivity index (χ1) is 22.2. The van der Waals surface area contributed by atoms with Gasteiger partial charge in [0.1, 0.15) is 22.3 Å². The molecule has 0 saturated heterocycles. The minimum atomic E-state index is -0.601. The first-order valence-corrected chi connectivity index (χ1v) is 16.6. The first kappa shape index (κ1) is 24.1. The van der Waals surface area contributed by atoms with Crippen LogP contribution < -0.4 is 14.1 Å². The van der Waals surface area contributed by atoms with Crippen LogP contribution in [0.4, 0.5) is 17.1 Å². The Kier molecular flexibility index (Phi) is 3.58. The molecule has 5 aliphatic rings. The van der Waals surface area contributed by atoms with Crippen LogP contribution in [-0.4, -0.2) is 9.25 Å². The Labute approximate surface area is 267 Å². The van der Waals surface area contributed by atoms with Gasteiger partial charge in [0.05, 0.1) is 34.5 Å². The van der Waals surface area contributed by atoms with E-state index in [0.717, 1.165) is 0 Å². The average molecular weight is 596 g/mol. The number of para-hydroxylation sites is 2. The lowest BCUT2D eigenvalue weighted by molar-refractivity contribution is -0.995. The summed E-state index contributed by atoms with van der Waals surface area (Å²) >= 11 is 0. The third kappa shape index (κ3) is 2.07. The highest BCUT2D eigenvalue weighted by atomic mass is 15.6. The smallest absolute Gasteiger partial charge is 0.308 e. The van der Waals surface area contributed by atoms with Gasteiger partial charge >= 0.3 is 5.66 Å². The number of fused-ring (bicyclic) bond motifs is 6. The molecule has 4 aromatic carbocycles. The highest BCUT2D eigenvalue weighted by molar-refractivity contribution is 6.16. The van der Waals surface area contributed by atoms with Gasteiger partial charge < -0.3 is 4.90 Å². The number of benzene rings is 4. The van der Waals surface area contributed by atoms with Gasteiger partial charge in [-0.2, -0.15) is 9.13 Å². The van der Waals surface area contributed by atoms with Crippen molar-refractivity contribution < 1.29 is 9.25 Å². The fourth-order valence-corrected chi connectivity index (χ4v) is 10.7. The SMILES string of the molecule is Cc1cc(C)[n+]2n1-c1cccc3c1C21c2c4c(cc5c6cccc7c6n(c25)-c2c(ccc[n+]21)C7(C)C)C(C)(C)c1ccccc1N34. The fraction of sp³-hybridized carbons (Fsp3) is 0.220. The van der Waals surface area contributed by atoms with E-state index in [9.17, 15) is 0 Å². The van der Waals surface area contributed by atoms with Crippen LogP contribution >= 0.6 is 0 Å². The molecule has 0 fully saturated rings. The highest BCUT2D eigenvalue weighted by Crippen LogP contribution is 2.64. The molecular formula is C41H33N5+2. The molecule has 7 aromatic rings. The standard InChI is InChI=1S/C41H33N5/c1-22-20-23(2)46-41-33-31(17-10-18-32(33)45(22)46)43-30-16-8-7-13-26(30)39(3,4)29-21-25-24-12-9-14-27-35(24)44(36(25)34(41)37(29)43)38-28(40(27,5)6)15-11-19-42(38)41/h7-21H,1-6H3/q+2. The lowest BCUT2D eigenvalue weighted by Gasteiger charge is -2.47. The molecule has 8 heterocycles.